The highest BCUT2D eigenvalue weighted by Gasteiger charge is 2.16. The quantitative estimate of drug-likeness (QED) is 0.462. The lowest BCUT2D eigenvalue weighted by molar-refractivity contribution is 0.123. The standard InChI is InChI=1S/C6H9NO/c1-7-5-6-3-2-4-8-6/h6H,2-5H2/t6-/m0/s1. The number of rotatable bonds is 1. The first-order chi connectivity index (χ1) is 3.93. The van der Waals surface area contributed by atoms with Crippen LogP contribution < -0.4 is 0 Å². The summed E-state index contributed by atoms with van der Waals surface area (Å²) < 4.78 is 5.18. The summed E-state index contributed by atoms with van der Waals surface area (Å²) in [6.45, 7) is 7.93. The predicted octanol–water partition coefficient (Wildman–Crippen LogP) is 1.08. The first-order valence-electron chi connectivity index (χ1n) is 2.88. The molecule has 2 heteroatoms. The van der Waals surface area contributed by atoms with Crippen molar-refractivity contribution in [2.45, 2.75) is 18.9 Å². The average Bonchev–Trinajstić information content (AvgIpc) is 2.19. The highest BCUT2D eigenvalue weighted by atomic mass is 16.5. The van der Waals surface area contributed by atoms with Crippen molar-refractivity contribution in [2.75, 3.05) is 13.2 Å². The molecule has 2 nitrogen and oxygen atoms in total. The van der Waals surface area contributed by atoms with Crippen LogP contribution in [0.3, 0.4) is 0 Å². The van der Waals surface area contributed by atoms with Crippen LogP contribution >= 0.6 is 0 Å². The molecule has 0 radical (unpaired) electrons. The Morgan fingerprint density at radius 3 is 3.12 bits per heavy atom. The van der Waals surface area contributed by atoms with E-state index in [9.17, 15) is 0 Å². The van der Waals surface area contributed by atoms with Gasteiger partial charge in [-0.3, -0.25) is 0 Å². The van der Waals surface area contributed by atoms with E-state index in [-0.39, 0.29) is 6.10 Å². The van der Waals surface area contributed by atoms with E-state index in [0.717, 1.165) is 19.4 Å². The van der Waals surface area contributed by atoms with Gasteiger partial charge >= 0.3 is 0 Å². The molecule has 8 heavy (non-hydrogen) atoms. The second-order valence-electron chi connectivity index (χ2n) is 1.98. The van der Waals surface area contributed by atoms with E-state index in [1.807, 2.05) is 0 Å². The van der Waals surface area contributed by atoms with Crippen LogP contribution in [-0.4, -0.2) is 19.3 Å². The molecule has 0 saturated carbocycles. The van der Waals surface area contributed by atoms with E-state index in [1.165, 1.54) is 0 Å². The molecule has 0 bridgehead atoms. The Morgan fingerprint density at radius 2 is 2.62 bits per heavy atom. The molecule has 0 aliphatic carbocycles. The van der Waals surface area contributed by atoms with Crippen molar-refractivity contribution in [1.29, 1.82) is 0 Å². The van der Waals surface area contributed by atoms with Crippen LogP contribution in [0, 0.1) is 6.57 Å². The van der Waals surface area contributed by atoms with E-state index in [4.69, 9.17) is 11.3 Å². The molecule has 44 valence electrons. The van der Waals surface area contributed by atoms with Gasteiger partial charge in [-0.25, -0.2) is 6.57 Å². The van der Waals surface area contributed by atoms with E-state index in [0.29, 0.717) is 6.54 Å². The highest BCUT2D eigenvalue weighted by Crippen LogP contribution is 2.11. The van der Waals surface area contributed by atoms with Gasteiger partial charge in [0.25, 0.3) is 0 Å². The zero-order valence-electron chi connectivity index (χ0n) is 4.76. The highest BCUT2D eigenvalue weighted by molar-refractivity contribution is 4.73. The van der Waals surface area contributed by atoms with Gasteiger partial charge in [-0.1, -0.05) is 0 Å². The zero-order chi connectivity index (χ0) is 5.82. The Balaban J connectivity index is 2.17. The van der Waals surface area contributed by atoms with Crippen molar-refractivity contribution in [3.63, 3.8) is 0 Å². The number of hydrogen-bond acceptors (Lipinski definition) is 1. The Hall–Kier alpha value is -0.550. The minimum Gasteiger partial charge on any atom is -0.370 e. The van der Waals surface area contributed by atoms with Crippen molar-refractivity contribution in [2.24, 2.45) is 0 Å². The summed E-state index contributed by atoms with van der Waals surface area (Å²) in [5, 5.41) is 0. The second kappa shape index (κ2) is 2.68. The molecule has 1 aliphatic heterocycles. The Morgan fingerprint density at radius 1 is 1.75 bits per heavy atom. The van der Waals surface area contributed by atoms with Crippen LogP contribution in [-0.2, 0) is 4.74 Å². The van der Waals surface area contributed by atoms with Crippen molar-refractivity contribution in [1.82, 2.24) is 0 Å². The molecule has 1 aliphatic rings. The molecule has 1 fully saturated rings. The fourth-order valence-electron chi connectivity index (χ4n) is 0.890. The van der Waals surface area contributed by atoms with Crippen molar-refractivity contribution < 1.29 is 4.74 Å². The largest absolute Gasteiger partial charge is 0.370 e. The van der Waals surface area contributed by atoms with E-state index in [2.05, 4.69) is 4.85 Å². The molecule has 0 aromatic heterocycles. The van der Waals surface area contributed by atoms with Crippen molar-refractivity contribution in [3.8, 4) is 0 Å². The van der Waals surface area contributed by atoms with E-state index in [1.54, 1.807) is 0 Å². The molecule has 1 heterocycles. The van der Waals surface area contributed by atoms with E-state index < -0.39 is 0 Å². The SMILES string of the molecule is [C-]#[N+]C[C@@H]1CCCO1. The maximum Gasteiger partial charge on any atom is 0.240 e. The van der Waals surface area contributed by atoms with Gasteiger partial charge in [-0.15, -0.1) is 0 Å². The third-order valence-corrected chi connectivity index (χ3v) is 1.32. The molecule has 1 saturated heterocycles. The van der Waals surface area contributed by atoms with Crippen LogP contribution in [0.4, 0.5) is 0 Å². The van der Waals surface area contributed by atoms with Crippen molar-refractivity contribution >= 4 is 0 Å². The summed E-state index contributed by atoms with van der Waals surface area (Å²) >= 11 is 0. The number of nitrogens with zero attached hydrogens (tertiary/aromatic N) is 1. The van der Waals surface area contributed by atoms with Crippen LogP contribution in [0.15, 0.2) is 0 Å². The van der Waals surface area contributed by atoms with Gasteiger partial charge in [0.2, 0.25) is 6.54 Å². The third kappa shape index (κ3) is 1.21. The first kappa shape index (κ1) is 5.58. The lowest BCUT2D eigenvalue weighted by atomic mass is 10.2. The smallest absolute Gasteiger partial charge is 0.240 e. The third-order valence-electron chi connectivity index (χ3n) is 1.32. The van der Waals surface area contributed by atoms with Crippen LogP contribution in [0.25, 0.3) is 4.85 Å². The predicted molar refractivity (Wildman–Crippen MR) is 30.4 cm³/mol. The Kier molecular flexibility index (Phi) is 1.87. The summed E-state index contributed by atoms with van der Waals surface area (Å²) in [7, 11) is 0. The molecule has 0 N–H and O–H groups in total. The second-order valence-corrected chi connectivity index (χ2v) is 1.98. The summed E-state index contributed by atoms with van der Waals surface area (Å²) in [6, 6.07) is 0. The monoisotopic (exact) mass is 111 g/mol. The average molecular weight is 111 g/mol. The van der Waals surface area contributed by atoms with Gasteiger partial charge in [0.05, 0.1) is 0 Å². The maximum absolute atomic E-state index is 6.51. The molecule has 0 amide bonds. The Bertz CT molecular complexity index is 99.6. The molecule has 0 unspecified atom stereocenters. The van der Waals surface area contributed by atoms with Gasteiger partial charge in [-0.05, 0) is 12.8 Å². The van der Waals surface area contributed by atoms with Gasteiger partial charge < -0.3 is 9.58 Å². The van der Waals surface area contributed by atoms with Gasteiger partial charge in [0.15, 0.2) is 0 Å². The minimum atomic E-state index is 0.257. The lowest BCUT2D eigenvalue weighted by Gasteiger charge is -1.96. The normalized spacial score (nSPS) is 27.6. The van der Waals surface area contributed by atoms with Crippen LogP contribution in [0.2, 0.25) is 0 Å². The topological polar surface area (TPSA) is 13.6 Å². The summed E-state index contributed by atoms with van der Waals surface area (Å²) in [4.78, 5) is 3.24. The zero-order valence-corrected chi connectivity index (χ0v) is 4.76. The molecular formula is C6H9NO. The van der Waals surface area contributed by atoms with Crippen LogP contribution in [0.1, 0.15) is 12.8 Å². The molecule has 1 atom stereocenters. The maximum atomic E-state index is 6.51. The van der Waals surface area contributed by atoms with Crippen LogP contribution in [0.5, 0.6) is 0 Å². The molecule has 0 aromatic carbocycles. The fraction of sp³-hybridized carbons (Fsp3) is 0.833. The molecule has 1 rings (SSSR count). The van der Waals surface area contributed by atoms with Gasteiger partial charge in [-0.2, -0.15) is 0 Å². The van der Waals surface area contributed by atoms with Crippen molar-refractivity contribution in [3.05, 3.63) is 11.4 Å². The fourth-order valence-corrected chi connectivity index (χ4v) is 0.890. The van der Waals surface area contributed by atoms with Gasteiger partial charge in [0, 0.05) is 6.61 Å². The minimum absolute atomic E-state index is 0.257. The lowest BCUT2D eigenvalue weighted by Crippen LogP contribution is -2.06. The molecular weight excluding hydrogens is 102 g/mol. The number of ether oxygens (including phenoxy) is 1. The summed E-state index contributed by atoms with van der Waals surface area (Å²) in [5.41, 5.74) is 0. The van der Waals surface area contributed by atoms with Gasteiger partial charge in [0.1, 0.15) is 6.10 Å². The summed E-state index contributed by atoms with van der Waals surface area (Å²) in [6.07, 6.45) is 2.48. The summed E-state index contributed by atoms with van der Waals surface area (Å²) in [5.74, 6) is 0. The van der Waals surface area contributed by atoms with E-state index >= 15 is 0 Å². The first-order valence-corrected chi connectivity index (χ1v) is 2.88. The molecule has 0 spiro atoms. The molecule has 0 aromatic rings. The number of hydrogen-bond donors (Lipinski definition) is 0. The Labute approximate surface area is 49.3 Å².